The van der Waals surface area contributed by atoms with Crippen molar-refractivity contribution in [3.63, 3.8) is 0 Å². The number of nitrogens with zero attached hydrogens (tertiary/aromatic N) is 1. The molecule has 104 valence electrons. The largest absolute Gasteiger partial charge is 0.384 e. The van der Waals surface area contributed by atoms with Crippen molar-refractivity contribution in [2.24, 2.45) is 0 Å². The van der Waals surface area contributed by atoms with Crippen LogP contribution < -0.4 is 0 Å². The van der Waals surface area contributed by atoms with E-state index in [9.17, 15) is 8.42 Å². The molecule has 0 bridgehead atoms. The molecule has 1 rings (SSSR count). The molecule has 0 saturated heterocycles. The molecule has 4 nitrogen and oxygen atoms in total. The van der Waals surface area contributed by atoms with Crippen molar-refractivity contribution in [2.75, 3.05) is 32.2 Å². The number of aliphatic hydroxyl groups is 1. The summed E-state index contributed by atoms with van der Waals surface area (Å²) in [4.78, 5) is 0.180. The van der Waals surface area contributed by atoms with Crippen LogP contribution in [0.5, 0.6) is 0 Å². The zero-order valence-electron chi connectivity index (χ0n) is 11.0. The molecule has 1 aromatic rings. The minimum atomic E-state index is -3.54. The van der Waals surface area contributed by atoms with Gasteiger partial charge in [0, 0.05) is 24.9 Å². The lowest BCUT2D eigenvalue weighted by Gasteiger charge is -2.17. The number of hydrogen-bond donors (Lipinski definition) is 1. The third kappa shape index (κ3) is 4.25. The standard InChI is InChI=1S/C13H17NO3S2/c1-14(9-11-18-2)19(16,17)13-8-4-3-6-12(13)7-5-10-15/h3-4,6,8,15H,9-11H2,1-2H3. The summed E-state index contributed by atoms with van der Waals surface area (Å²) < 4.78 is 26.1. The number of sulfonamides is 1. The monoisotopic (exact) mass is 299 g/mol. The summed E-state index contributed by atoms with van der Waals surface area (Å²) in [6.45, 7) is 0.155. The first-order valence-electron chi connectivity index (χ1n) is 5.68. The van der Waals surface area contributed by atoms with Gasteiger partial charge >= 0.3 is 0 Å². The van der Waals surface area contributed by atoms with Crippen LogP contribution >= 0.6 is 11.8 Å². The second-order valence-electron chi connectivity index (χ2n) is 3.78. The molecule has 0 fully saturated rings. The van der Waals surface area contributed by atoms with Crippen molar-refractivity contribution in [1.82, 2.24) is 4.31 Å². The van der Waals surface area contributed by atoms with Crippen LogP contribution in [0.3, 0.4) is 0 Å². The molecule has 0 heterocycles. The van der Waals surface area contributed by atoms with E-state index < -0.39 is 10.0 Å². The van der Waals surface area contributed by atoms with Crippen molar-refractivity contribution in [3.05, 3.63) is 29.8 Å². The predicted octanol–water partition coefficient (Wildman–Crippen LogP) is 1.01. The Balaban J connectivity index is 3.14. The zero-order valence-corrected chi connectivity index (χ0v) is 12.6. The van der Waals surface area contributed by atoms with Crippen molar-refractivity contribution >= 4 is 21.8 Å². The first-order chi connectivity index (χ1) is 9.04. The highest BCUT2D eigenvalue weighted by Gasteiger charge is 2.22. The summed E-state index contributed by atoms with van der Waals surface area (Å²) >= 11 is 1.59. The van der Waals surface area contributed by atoms with Gasteiger partial charge < -0.3 is 5.11 Å². The highest BCUT2D eigenvalue weighted by molar-refractivity contribution is 7.98. The van der Waals surface area contributed by atoms with Crippen molar-refractivity contribution in [3.8, 4) is 11.8 Å². The number of benzene rings is 1. The lowest BCUT2D eigenvalue weighted by atomic mass is 10.2. The van der Waals surface area contributed by atoms with Crippen molar-refractivity contribution in [1.29, 1.82) is 0 Å². The molecule has 1 N–H and O–H groups in total. The van der Waals surface area contributed by atoms with E-state index in [4.69, 9.17) is 5.11 Å². The van der Waals surface area contributed by atoms with Crippen molar-refractivity contribution in [2.45, 2.75) is 4.90 Å². The van der Waals surface area contributed by atoms with Gasteiger partial charge in [0.05, 0.1) is 4.90 Å². The molecule has 19 heavy (non-hydrogen) atoms. The second kappa shape index (κ2) is 7.56. The third-order valence-corrected chi connectivity index (χ3v) is 4.99. The minimum Gasteiger partial charge on any atom is -0.384 e. The van der Waals surface area contributed by atoms with Gasteiger partial charge in [0.15, 0.2) is 0 Å². The molecule has 1 aromatic carbocycles. The molecule has 0 radical (unpaired) electrons. The fourth-order valence-electron chi connectivity index (χ4n) is 1.44. The maximum absolute atomic E-state index is 12.4. The van der Waals surface area contributed by atoms with Crippen LogP contribution in [0.25, 0.3) is 0 Å². The third-order valence-electron chi connectivity index (χ3n) is 2.49. The molecule has 0 aliphatic rings. The average Bonchev–Trinajstić information content (AvgIpc) is 2.42. The lowest BCUT2D eigenvalue weighted by Crippen LogP contribution is -2.29. The Morgan fingerprint density at radius 2 is 2.05 bits per heavy atom. The molecular weight excluding hydrogens is 282 g/mol. The van der Waals surface area contributed by atoms with Crippen LogP contribution in [0.1, 0.15) is 5.56 Å². The summed E-state index contributed by atoms with van der Waals surface area (Å²) in [5.74, 6) is 5.88. The Bertz CT molecular complexity index is 573. The normalized spacial score (nSPS) is 11.2. The van der Waals surface area contributed by atoms with Crippen LogP contribution in [-0.2, 0) is 10.0 Å². The van der Waals surface area contributed by atoms with Gasteiger partial charge in [-0.2, -0.15) is 11.8 Å². The van der Waals surface area contributed by atoms with Gasteiger partial charge in [-0.3, -0.25) is 0 Å². The first kappa shape index (κ1) is 16.1. The van der Waals surface area contributed by atoms with Gasteiger partial charge in [0.25, 0.3) is 0 Å². The Morgan fingerprint density at radius 1 is 1.37 bits per heavy atom. The predicted molar refractivity (Wildman–Crippen MR) is 78.6 cm³/mol. The van der Waals surface area contributed by atoms with Gasteiger partial charge in [0.2, 0.25) is 10.0 Å². The molecule has 0 atom stereocenters. The van der Waals surface area contributed by atoms with Crippen LogP contribution in [0.2, 0.25) is 0 Å². The Labute approximate surface area is 118 Å². The summed E-state index contributed by atoms with van der Waals surface area (Å²) in [6.07, 6.45) is 1.93. The quantitative estimate of drug-likeness (QED) is 0.825. The van der Waals surface area contributed by atoms with E-state index in [0.29, 0.717) is 12.1 Å². The summed E-state index contributed by atoms with van der Waals surface area (Å²) in [5, 5.41) is 8.71. The maximum atomic E-state index is 12.4. The van der Waals surface area contributed by atoms with Crippen LogP contribution in [0.4, 0.5) is 0 Å². The molecular formula is C13H17NO3S2. The van der Waals surface area contributed by atoms with Crippen LogP contribution in [-0.4, -0.2) is 50.0 Å². The fourth-order valence-corrected chi connectivity index (χ4v) is 3.32. The number of thioether (sulfide) groups is 1. The molecule has 0 spiro atoms. The van der Waals surface area contributed by atoms with Crippen molar-refractivity contribution < 1.29 is 13.5 Å². The molecule has 0 saturated carbocycles. The fraction of sp³-hybridized carbons (Fsp3) is 0.385. The highest BCUT2D eigenvalue weighted by Crippen LogP contribution is 2.18. The molecule has 0 aliphatic carbocycles. The molecule has 0 aromatic heterocycles. The number of rotatable bonds is 5. The van der Waals surface area contributed by atoms with E-state index in [2.05, 4.69) is 11.8 Å². The minimum absolute atomic E-state index is 0.180. The molecule has 0 aliphatic heterocycles. The van der Waals surface area contributed by atoms with Gasteiger partial charge in [-0.25, -0.2) is 12.7 Å². The summed E-state index contributed by atoms with van der Waals surface area (Å²) in [5.41, 5.74) is 0.410. The zero-order chi connectivity index (χ0) is 14.3. The molecule has 0 amide bonds. The van der Waals surface area contributed by atoms with Gasteiger partial charge in [-0.1, -0.05) is 24.0 Å². The maximum Gasteiger partial charge on any atom is 0.244 e. The lowest BCUT2D eigenvalue weighted by molar-refractivity contribution is 0.350. The van der Waals surface area contributed by atoms with E-state index in [0.717, 1.165) is 5.75 Å². The van der Waals surface area contributed by atoms with Crippen LogP contribution in [0.15, 0.2) is 29.2 Å². The van der Waals surface area contributed by atoms with Gasteiger partial charge in [0.1, 0.15) is 6.61 Å². The molecule has 0 unspecified atom stereocenters. The van der Waals surface area contributed by atoms with E-state index in [1.165, 1.54) is 10.4 Å². The van der Waals surface area contributed by atoms with E-state index in [1.54, 1.807) is 37.0 Å². The van der Waals surface area contributed by atoms with E-state index in [-0.39, 0.29) is 11.5 Å². The van der Waals surface area contributed by atoms with Gasteiger partial charge in [-0.05, 0) is 18.4 Å². The highest BCUT2D eigenvalue weighted by atomic mass is 32.2. The number of aliphatic hydroxyl groups excluding tert-OH is 1. The summed E-state index contributed by atoms with van der Waals surface area (Å²) in [7, 11) is -1.98. The SMILES string of the molecule is CSCCN(C)S(=O)(=O)c1ccccc1C#CCO. The topological polar surface area (TPSA) is 57.6 Å². The Morgan fingerprint density at radius 3 is 2.68 bits per heavy atom. The first-order valence-corrected chi connectivity index (χ1v) is 8.51. The second-order valence-corrected chi connectivity index (χ2v) is 6.77. The Hall–Kier alpha value is -1.00. The van der Waals surface area contributed by atoms with E-state index >= 15 is 0 Å². The van der Waals surface area contributed by atoms with Gasteiger partial charge in [-0.15, -0.1) is 0 Å². The average molecular weight is 299 g/mol. The smallest absolute Gasteiger partial charge is 0.244 e. The summed E-state index contributed by atoms with van der Waals surface area (Å²) in [6, 6.07) is 6.56. The number of hydrogen-bond acceptors (Lipinski definition) is 4. The van der Waals surface area contributed by atoms with E-state index in [1.807, 2.05) is 6.26 Å². The van der Waals surface area contributed by atoms with Crippen LogP contribution in [0, 0.1) is 11.8 Å². The Kier molecular flexibility index (Phi) is 6.38. The molecule has 6 heteroatoms.